The smallest absolute Gasteiger partial charge is 0.0776 e. The van der Waals surface area contributed by atoms with E-state index in [0.717, 1.165) is 0 Å². The molecule has 0 aromatic heterocycles. The highest BCUT2D eigenvalue weighted by atomic mass is 12.0. The van der Waals surface area contributed by atoms with Crippen LogP contribution in [-0.2, 0) is 0 Å². The summed E-state index contributed by atoms with van der Waals surface area (Å²) in [5.74, 6) is 0. The van der Waals surface area contributed by atoms with Crippen LogP contribution in [-0.4, -0.2) is 0 Å². The molecule has 0 heterocycles. The molecule has 0 amide bonds. The van der Waals surface area contributed by atoms with Crippen LogP contribution in [0.3, 0.4) is 0 Å². The lowest BCUT2D eigenvalue weighted by atomic mass is 12.0. The molecule has 0 aromatic rings. The molecular weight excluding hydrogens is 120 g/mol. The summed E-state index contributed by atoms with van der Waals surface area (Å²) >= 11 is 0. The zero-order valence-electron chi connectivity index (χ0n) is 0. The quantitative estimate of drug-likeness (QED) is 0.387. The molecule has 0 rings (SSSR count). The van der Waals surface area contributed by atoms with Gasteiger partial charge in [-0.3, -0.25) is 0 Å². The summed E-state index contributed by atoms with van der Waals surface area (Å²) in [6.45, 7) is 0. The first-order valence-corrected chi connectivity index (χ1v) is 0. The summed E-state index contributed by atoms with van der Waals surface area (Å²) in [4.78, 5) is 0. The van der Waals surface area contributed by atoms with Crippen molar-refractivity contribution in [1.29, 1.82) is 0 Å². The minimum atomic E-state index is 0. The second-order valence-electron chi connectivity index (χ2n) is 0. The normalized spacial score (nSPS) is 0. The highest BCUT2D eigenvalue weighted by Gasteiger charge is -0.0686. The van der Waals surface area contributed by atoms with E-state index in [1.807, 2.05) is 0 Å². The lowest BCUT2D eigenvalue weighted by molar-refractivity contribution is 2.50. The summed E-state index contributed by atoms with van der Waals surface area (Å²) in [5, 5.41) is 0. The molecule has 0 atom stereocenters. The van der Waals surface area contributed by atoms with Crippen molar-refractivity contribution in [3.8, 4) is 0 Å². The Labute approximate surface area is 75.1 Å². The summed E-state index contributed by atoms with van der Waals surface area (Å²) < 4.78 is 0. The zero-order chi connectivity index (χ0) is 0. The molecule has 0 spiro atoms. The van der Waals surface area contributed by atoms with Crippen molar-refractivity contribution in [3.05, 3.63) is 0 Å². The summed E-state index contributed by atoms with van der Waals surface area (Å²) in [6.07, 6.45) is 0. The molecule has 80 valence electrons. The van der Waals surface area contributed by atoms with Crippen LogP contribution in [0.1, 0.15) is 74.3 Å². The number of hydrogen-bond donors (Lipinski definition) is 0. The second-order valence-corrected chi connectivity index (χ2v) is 0. The maximum Gasteiger partial charge on any atom is -0.0776 e. The fourth-order valence-electron chi connectivity index (χ4n) is 0. The lowest BCUT2D eigenvalue weighted by Crippen LogP contribution is 0.143. The fourth-order valence-corrected chi connectivity index (χ4v) is 0. The van der Waals surface area contributed by atoms with Gasteiger partial charge in [0.25, 0.3) is 0 Å². The third kappa shape index (κ3) is 0. The van der Waals surface area contributed by atoms with Crippen LogP contribution >= 0.6 is 0 Å². The fraction of sp³-hybridized carbons (Fsp3) is 1.00. The van der Waals surface area contributed by atoms with Gasteiger partial charge in [0.05, 0.1) is 0 Å². The monoisotopic (exact) mass is 160 g/mol. The van der Waals surface area contributed by atoms with E-state index < -0.39 is 0 Å². The molecule has 0 saturated heterocycles. The van der Waals surface area contributed by atoms with Crippen LogP contribution in [0.15, 0.2) is 0 Å². The molecule has 0 aliphatic rings. The molecule has 10 heavy (non-hydrogen) atoms. The van der Waals surface area contributed by atoms with Crippen molar-refractivity contribution in [3.63, 3.8) is 0 Å². The van der Waals surface area contributed by atoms with E-state index in [0.29, 0.717) is 0 Å². The van der Waals surface area contributed by atoms with Gasteiger partial charge in [0.1, 0.15) is 0 Å². The van der Waals surface area contributed by atoms with Gasteiger partial charge in [-0.15, -0.1) is 0 Å². The molecule has 0 saturated carbocycles. The lowest BCUT2D eigenvalue weighted by Gasteiger charge is -0.0786. The van der Waals surface area contributed by atoms with Crippen molar-refractivity contribution < 1.29 is 0 Å². The Bertz CT molecular complexity index is 0. The molecule has 0 nitrogen and oxygen atoms in total. The molecule has 0 radical (unpaired) electrons. The molecule has 0 unspecified atom stereocenters. The van der Waals surface area contributed by atoms with Gasteiger partial charge >= 0.3 is 0 Å². The minimum Gasteiger partial charge on any atom is -0.0776 e. The molecule has 0 heteroatoms. The summed E-state index contributed by atoms with van der Waals surface area (Å²) in [5.41, 5.74) is 0. The molecule has 0 aliphatic carbocycles. The predicted molar refractivity (Wildman–Crippen MR) is 67.3 cm³/mol. The SMILES string of the molecule is C.C.C.C.C.C.C.C.C.C. The average molecular weight is 160 g/mol. The van der Waals surface area contributed by atoms with Crippen LogP contribution in [0.5, 0.6) is 0 Å². The van der Waals surface area contributed by atoms with Gasteiger partial charge in [-0.1, -0.05) is 74.3 Å². The van der Waals surface area contributed by atoms with Crippen molar-refractivity contribution >= 4 is 0 Å². The van der Waals surface area contributed by atoms with Gasteiger partial charge in [-0.05, 0) is 0 Å². The Morgan fingerprint density at radius 1 is 0.100 bits per heavy atom. The molecule has 0 bridgehead atoms. The van der Waals surface area contributed by atoms with Gasteiger partial charge in [0.15, 0.2) is 0 Å². The highest BCUT2D eigenvalue weighted by Crippen LogP contribution is 0.153. The van der Waals surface area contributed by atoms with Crippen molar-refractivity contribution in [2.45, 2.75) is 74.3 Å². The third-order valence-electron chi connectivity index (χ3n) is 0. The molecule has 0 aliphatic heterocycles. The predicted octanol–water partition coefficient (Wildman–Crippen LogP) is 6.36. The van der Waals surface area contributed by atoms with Gasteiger partial charge < -0.3 is 0 Å². The highest BCUT2D eigenvalue weighted by molar-refractivity contribution is 2.51. The van der Waals surface area contributed by atoms with Crippen LogP contribution < -0.4 is 0 Å². The van der Waals surface area contributed by atoms with Crippen LogP contribution in [0.2, 0.25) is 0 Å². The van der Waals surface area contributed by atoms with E-state index in [1.165, 1.54) is 0 Å². The number of hydrogen-bond acceptors (Lipinski definition) is 0. The Balaban J connectivity index is 0. The van der Waals surface area contributed by atoms with Crippen LogP contribution in [0.25, 0.3) is 0 Å². The van der Waals surface area contributed by atoms with Crippen molar-refractivity contribution in [1.82, 2.24) is 0 Å². The van der Waals surface area contributed by atoms with Gasteiger partial charge in [0, 0.05) is 0 Å². The van der Waals surface area contributed by atoms with E-state index in [-0.39, 0.29) is 74.3 Å². The standard InChI is InChI=1S/10CH4/h10*1H4. The first-order valence-electron chi connectivity index (χ1n) is 0. The maximum absolute atomic E-state index is 0. The van der Waals surface area contributed by atoms with Gasteiger partial charge in [0.2, 0.25) is 0 Å². The van der Waals surface area contributed by atoms with Gasteiger partial charge in [-0.2, -0.15) is 0 Å². The van der Waals surface area contributed by atoms with E-state index in [9.17, 15) is 0 Å². The van der Waals surface area contributed by atoms with Crippen LogP contribution in [0, 0.1) is 0 Å². The Morgan fingerprint density at radius 3 is 0.100 bits per heavy atom. The van der Waals surface area contributed by atoms with E-state index in [2.05, 4.69) is 0 Å². The van der Waals surface area contributed by atoms with Gasteiger partial charge in [-0.25, -0.2) is 0 Å². The minimum absolute atomic E-state index is 0. The molecule has 0 aromatic carbocycles. The number of rotatable bonds is 0. The van der Waals surface area contributed by atoms with E-state index >= 15 is 0 Å². The van der Waals surface area contributed by atoms with E-state index in [4.69, 9.17) is 0 Å². The van der Waals surface area contributed by atoms with Crippen molar-refractivity contribution in [2.24, 2.45) is 0 Å². The maximum atomic E-state index is 0. The Kier molecular flexibility index (Phi) is 0. The summed E-state index contributed by atoms with van der Waals surface area (Å²) in [6, 6.07) is 0. The second kappa shape index (κ2) is 0. The van der Waals surface area contributed by atoms with Crippen molar-refractivity contribution in [2.75, 3.05) is 0 Å². The van der Waals surface area contributed by atoms with Crippen LogP contribution in [0.4, 0.5) is 0 Å². The first-order chi connectivity index (χ1) is 0. The molecule has 0 fully saturated rings. The Morgan fingerprint density at radius 2 is 0.100 bits per heavy atom. The molecule has 0 N–H and O–H groups in total. The summed E-state index contributed by atoms with van der Waals surface area (Å²) in [7, 11) is 0. The first kappa shape index (κ1) is 0. The average Bonchev–Trinajstić information content (AvgIpc) is 0. The molecular formula is C10H40. The zero-order valence-corrected chi connectivity index (χ0v) is 0. The van der Waals surface area contributed by atoms with E-state index in [1.54, 1.807) is 0 Å². The largest absolute Gasteiger partial charge is 0.0776 e. The Hall–Kier alpha value is 0. The third-order valence-corrected chi connectivity index (χ3v) is 0. The topological polar surface area (TPSA) is 0 Å².